The normalized spacial score (nSPS) is 33.2. The van der Waals surface area contributed by atoms with Crippen molar-refractivity contribution >= 4 is 0 Å². The summed E-state index contributed by atoms with van der Waals surface area (Å²) in [5.41, 5.74) is -0.602. The van der Waals surface area contributed by atoms with E-state index >= 15 is 0 Å². The zero-order valence-corrected chi connectivity index (χ0v) is 11.1. The van der Waals surface area contributed by atoms with Crippen LogP contribution in [-0.4, -0.2) is 70.5 Å². The molecular weight excluding hydrogens is 216 g/mol. The lowest BCUT2D eigenvalue weighted by Gasteiger charge is -2.40. The molecule has 0 aromatic carbocycles. The lowest BCUT2D eigenvalue weighted by atomic mass is 10.1. The second-order valence-electron chi connectivity index (χ2n) is 6.19. The van der Waals surface area contributed by atoms with E-state index < -0.39 is 5.60 Å². The molecule has 2 N–H and O–H groups in total. The highest BCUT2D eigenvalue weighted by Crippen LogP contribution is 2.25. The van der Waals surface area contributed by atoms with E-state index in [-0.39, 0.29) is 6.10 Å². The summed E-state index contributed by atoms with van der Waals surface area (Å²) in [5.74, 6) is 0. The zero-order valence-electron chi connectivity index (χ0n) is 11.1. The topological polar surface area (TPSA) is 46.9 Å². The van der Waals surface area contributed by atoms with Crippen LogP contribution in [0.2, 0.25) is 0 Å². The lowest BCUT2D eigenvalue weighted by molar-refractivity contribution is -0.00328. The molecular formula is C13H26N2O2. The van der Waals surface area contributed by atoms with Gasteiger partial charge in [0.05, 0.1) is 11.7 Å². The Labute approximate surface area is 104 Å². The van der Waals surface area contributed by atoms with E-state index in [4.69, 9.17) is 0 Å². The Morgan fingerprint density at radius 1 is 1.12 bits per heavy atom. The second kappa shape index (κ2) is 5.22. The highest BCUT2D eigenvalue weighted by atomic mass is 16.3. The van der Waals surface area contributed by atoms with E-state index in [1.165, 1.54) is 0 Å². The number of hydrogen-bond donors (Lipinski definition) is 2. The summed E-state index contributed by atoms with van der Waals surface area (Å²) in [6.45, 7) is 8.53. The summed E-state index contributed by atoms with van der Waals surface area (Å²) < 4.78 is 0. The van der Waals surface area contributed by atoms with Gasteiger partial charge in [0.25, 0.3) is 0 Å². The number of hydrogen-bond acceptors (Lipinski definition) is 4. The maximum Gasteiger partial charge on any atom is 0.0718 e. The van der Waals surface area contributed by atoms with Crippen LogP contribution in [0.15, 0.2) is 0 Å². The van der Waals surface area contributed by atoms with E-state index in [1.807, 2.05) is 13.8 Å². The molecule has 2 rings (SSSR count). The molecule has 1 heterocycles. The van der Waals surface area contributed by atoms with Crippen molar-refractivity contribution in [3.05, 3.63) is 0 Å². The van der Waals surface area contributed by atoms with Crippen molar-refractivity contribution in [2.45, 2.75) is 50.9 Å². The third kappa shape index (κ3) is 3.65. The number of nitrogens with zero attached hydrogens (tertiary/aromatic N) is 2. The summed E-state index contributed by atoms with van der Waals surface area (Å²) in [4.78, 5) is 4.75. The van der Waals surface area contributed by atoms with E-state index in [0.717, 1.165) is 52.0 Å². The van der Waals surface area contributed by atoms with Gasteiger partial charge < -0.3 is 10.2 Å². The van der Waals surface area contributed by atoms with Crippen molar-refractivity contribution in [2.24, 2.45) is 0 Å². The standard InChI is InChI=1S/C13H26N2O2/c1-13(2,17)10-14-6-8-15(9-7-14)11-4-3-5-12(11)16/h11-12,16-17H,3-10H2,1-2H3/t11-,12-/m1/s1. The molecule has 2 atom stereocenters. The third-order valence-electron chi connectivity index (χ3n) is 3.93. The summed E-state index contributed by atoms with van der Waals surface area (Å²) in [6.07, 6.45) is 3.16. The molecule has 0 amide bonds. The SMILES string of the molecule is CC(C)(O)CN1CCN([C@@H]2CCC[C@H]2O)CC1. The summed E-state index contributed by atoms with van der Waals surface area (Å²) in [6, 6.07) is 0.388. The summed E-state index contributed by atoms with van der Waals surface area (Å²) >= 11 is 0. The maximum atomic E-state index is 9.90. The molecule has 0 aromatic heterocycles. The van der Waals surface area contributed by atoms with Gasteiger partial charge >= 0.3 is 0 Å². The van der Waals surface area contributed by atoms with Crippen LogP contribution >= 0.6 is 0 Å². The predicted molar refractivity (Wildman–Crippen MR) is 68.0 cm³/mol. The van der Waals surface area contributed by atoms with Gasteiger partial charge in [-0.2, -0.15) is 0 Å². The minimum absolute atomic E-state index is 0.115. The Morgan fingerprint density at radius 2 is 1.76 bits per heavy atom. The number of aliphatic hydroxyl groups excluding tert-OH is 1. The number of rotatable bonds is 3. The van der Waals surface area contributed by atoms with Crippen molar-refractivity contribution in [1.29, 1.82) is 0 Å². The lowest BCUT2D eigenvalue weighted by Crippen LogP contribution is -2.54. The fraction of sp³-hybridized carbons (Fsp3) is 1.00. The first-order valence-corrected chi connectivity index (χ1v) is 6.82. The Kier molecular flexibility index (Phi) is 4.08. The minimum Gasteiger partial charge on any atom is -0.391 e. The smallest absolute Gasteiger partial charge is 0.0718 e. The van der Waals surface area contributed by atoms with Gasteiger partial charge in [0.1, 0.15) is 0 Å². The average Bonchev–Trinajstić information content (AvgIpc) is 2.63. The number of piperazine rings is 1. The number of β-amino-alcohol motifs (C(OH)–C–C–N with tert-alkyl or cyclic N) is 1. The molecule has 0 aromatic rings. The van der Waals surface area contributed by atoms with Crippen molar-refractivity contribution in [3.63, 3.8) is 0 Å². The Bertz CT molecular complexity index is 244. The van der Waals surface area contributed by atoms with Crippen LogP contribution in [0.3, 0.4) is 0 Å². The fourth-order valence-electron chi connectivity index (χ4n) is 3.15. The predicted octanol–water partition coefficient (Wildman–Crippen LogP) is 0.288. The highest BCUT2D eigenvalue weighted by Gasteiger charge is 2.33. The highest BCUT2D eigenvalue weighted by molar-refractivity contribution is 4.88. The van der Waals surface area contributed by atoms with Crippen molar-refractivity contribution in [1.82, 2.24) is 9.80 Å². The first kappa shape index (κ1) is 13.3. The summed E-state index contributed by atoms with van der Waals surface area (Å²) in [5, 5.41) is 19.7. The number of aliphatic hydroxyl groups is 2. The third-order valence-corrected chi connectivity index (χ3v) is 3.93. The molecule has 4 heteroatoms. The molecule has 0 unspecified atom stereocenters. The molecule has 1 saturated heterocycles. The van der Waals surface area contributed by atoms with Crippen LogP contribution in [0, 0.1) is 0 Å². The van der Waals surface area contributed by atoms with E-state index in [2.05, 4.69) is 9.80 Å². The molecule has 1 aliphatic carbocycles. The molecule has 100 valence electrons. The van der Waals surface area contributed by atoms with Crippen LogP contribution in [0.1, 0.15) is 33.1 Å². The van der Waals surface area contributed by atoms with Crippen LogP contribution in [0.25, 0.3) is 0 Å². The van der Waals surface area contributed by atoms with Gasteiger partial charge in [-0.25, -0.2) is 0 Å². The molecule has 1 saturated carbocycles. The molecule has 4 nitrogen and oxygen atoms in total. The van der Waals surface area contributed by atoms with Crippen molar-refractivity contribution in [3.8, 4) is 0 Å². The molecule has 2 aliphatic rings. The monoisotopic (exact) mass is 242 g/mol. The van der Waals surface area contributed by atoms with Crippen LogP contribution in [0.5, 0.6) is 0 Å². The van der Waals surface area contributed by atoms with Gasteiger partial charge in [0.2, 0.25) is 0 Å². The van der Waals surface area contributed by atoms with Gasteiger partial charge in [-0.1, -0.05) is 0 Å². The molecule has 0 spiro atoms. The second-order valence-corrected chi connectivity index (χ2v) is 6.19. The molecule has 1 aliphatic heterocycles. The fourth-order valence-corrected chi connectivity index (χ4v) is 3.15. The van der Waals surface area contributed by atoms with E-state index in [9.17, 15) is 10.2 Å². The zero-order chi connectivity index (χ0) is 12.5. The van der Waals surface area contributed by atoms with Gasteiger partial charge in [0.15, 0.2) is 0 Å². The average molecular weight is 242 g/mol. The maximum absolute atomic E-state index is 9.90. The van der Waals surface area contributed by atoms with Crippen molar-refractivity contribution in [2.75, 3.05) is 32.7 Å². The van der Waals surface area contributed by atoms with Crippen LogP contribution < -0.4 is 0 Å². The van der Waals surface area contributed by atoms with Crippen LogP contribution in [-0.2, 0) is 0 Å². The van der Waals surface area contributed by atoms with E-state index in [0.29, 0.717) is 6.04 Å². The molecule has 0 radical (unpaired) electrons. The molecule has 2 fully saturated rings. The summed E-state index contributed by atoms with van der Waals surface area (Å²) in [7, 11) is 0. The minimum atomic E-state index is -0.602. The van der Waals surface area contributed by atoms with Crippen molar-refractivity contribution < 1.29 is 10.2 Å². The van der Waals surface area contributed by atoms with Gasteiger partial charge in [-0.05, 0) is 33.1 Å². The van der Waals surface area contributed by atoms with Gasteiger partial charge in [-0.3, -0.25) is 9.80 Å². The molecule has 17 heavy (non-hydrogen) atoms. The Hall–Kier alpha value is -0.160. The first-order valence-electron chi connectivity index (χ1n) is 6.82. The largest absolute Gasteiger partial charge is 0.391 e. The van der Waals surface area contributed by atoms with Gasteiger partial charge in [0, 0.05) is 38.8 Å². The first-order chi connectivity index (χ1) is 7.96. The van der Waals surface area contributed by atoms with E-state index in [1.54, 1.807) is 0 Å². The molecule has 0 bridgehead atoms. The Morgan fingerprint density at radius 3 is 2.24 bits per heavy atom. The quantitative estimate of drug-likeness (QED) is 0.747. The van der Waals surface area contributed by atoms with Gasteiger partial charge in [-0.15, -0.1) is 0 Å². The Balaban J connectivity index is 1.78. The van der Waals surface area contributed by atoms with Crippen LogP contribution in [0.4, 0.5) is 0 Å².